The monoisotopic (exact) mass is 253 g/mol. The van der Waals surface area contributed by atoms with Crippen molar-refractivity contribution in [3.63, 3.8) is 0 Å². The molecule has 0 fully saturated rings. The molecule has 1 rings (SSSR count). The average Bonchev–Trinajstić information content (AvgIpc) is 2.35. The van der Waals surface area contributed by atoms with Gasteiger partial charge in [0.2, 0.25) is 0 Å². The predicted molar refractivity (Wildman–Crippen MR) is 71.9 cm³/mol. The summed E-state index contributed by atoms with van der Waals surface area (Å²) in [6.07, 6.45) is 4.75. The van der Waals surface area contributed by atoms with Crippen LogP contribution in [0.4, 0.5) is 0 Å². The number of hydrogen-bond donors (Lipinski definition) is 0. The van der Waals surface area contributed by atoms with E-state index in [1.807, 2.05) is 13.0 Å². The Morgan fingerprint density at radius 1 is 1.18 bits per heavy atom. The van der Waals surface area contributed by atoms with Gasteiger partial charge in [0.1, 0.15) is 0 Å². The minimum Gasteiger partial charge on any atom is -0.796 e. The van der Waals surface area contributed by atoms with E-state index in [0.717, 1.165) is 25.7 Å². The summed E-state index contributed by atoms with van der Waals surface area (Å²) in [5, 5.41) is 0.489. The lowest BCUT2D eigenvalue weighted by Crippen LogP contribution is -2.25. The number of rotatable bonds is 7. The summed E-state index contributed by atoms with van der Waals surface area (Å²) in [6, 6.07) is 8.84. The van der Waals surface area contributed by atoms with Crippen LogP contribution in [-0.4, -0.2) is 5.66 Å². The van der Waals surface area contributed by atoms with E-state index in [1.165, 1.54) is 0 Å². The summed E-state index contributed by atoms with van der Waals surface area (Å²) in [5.74, 6) is 0. The van der Waals surface area contributed by atoms with Gasteiger partial charge in [0, 0.05) is 13.0 Å². The van der Waals surface area contributed by atoms with E-state index in [2.05, 4.69) is 6.92 Å². The molecule has 17 heavy (non-hydrogen) atoms. The molecule has 0 amide bonds. The Hall–Kier alpha value is -0.590. The van der Waals surface area contributed by atoms with Gasteiger partial charge in [-0.1, -0.05) is 63.4 Å². The molecule has 2 unspecified atom stereocenters. The van der Waals surface area contributed by atoms with Crippen molar-refractivity contribution in [1.82, 2.24) is 0 Å². The summed E-state index contributed by atoms with van der Waals surface area (Å²) in [5.41, 5.74) is -0.198. The van der Waals surface area contributed by atoms with Gasteiger partial charge in [-0.25, -0.2) is 0 Å². The van der Waals surface area contributed by atoms with Crippen molar-refractivity contribution in [2.45, 2.75) is 51.6 Å². The highest BCUT2D eigenvalue weighted by molar-refractivity contribution is 7.65. The molecule has 3 heteroatoms. The van der Waals surface area contributed by atoms with E-state index in [9.17, 15) is 9.46 Å². The molecule has 2 nitrogen and oxygen atoms in total. The zero-order chi connectivity index (χ0) is 12.7. The third kappa shape index (κ3) is 3.97. The Kier molecular flexibility index (Phi) is 5.94. The fraction of sp³-hybridized carbons (Fsp3) is 0.571. The first-order valence-corrected chi connectivity index (χ1v) is 8.18. The van der Waals surface area contributed by atoms with E-state index >= 15 is 0 Å². The Labute approximate surface area is 105 Å². The molecule has 0 N–H and O–H groups in total. The molecule has 0 heterocycles. The van der Waals surface area contributed by atoms with Crippen molar-refractivity contribution in [2.75, 3.05) is 0 Å². The fourth-order valence-corrected chi connectivity index (χ4v) is 4.10. The zero-order valence-corrected chi connectivity index (χ0v) is 11.7. The van der Waals surface area contributed by atoms with E-state index in [0.29, 0.717) is 11.7 Å². The van der Waals surface area contributed by atoms with Gasteiger partial charge in [0.25, 0.3) is 0 Å². The zero-order valence-electron chi connectivity index (χ0n) is 10.8. The first kappa shape index (κ1) is 14.5. The highest BCUT2D eigenvalue weighted by Crippen LogP contribution is 2.44. The van der Waals surface area contributed by atoms with Crippen molar-refractivity contribution in [3.05, 3.63) is 30.3 Å². The van der Waals surface area contributed by atoms with Gasteiger partial charge in [0.15, 0.2) is 0 Å². The second-order valence-corrected chi connectivity index (χ2v) is 6.93. The Morgan fingerprint density at radius 3 is 2.35 bits per heavy atom. The minimum absolute atomic E-state index is 0.198. The second-order valence-electron chi connectivity index (χ2n) is 4.49. The summed E-state index contributed by atoms with van der Waals surface area (Å²) < 4.78 is 12.4. The van der Waals surface area contributed by atoms with Crippen molar-refractivity contribution in [1.29, 1.82) is 0 Å². The molecule has 0 saturated carbocycles. The second kappa shape index (κ2) is 6.98. The molecule has 0 bridgehead atoms. The lowest BCUT2D eigenvalue weighted by Gasteiger charge is -2.32. The van der Waals surface area contributed by atoms with Crippen molar-refractivity contribution >= 4 is 12.7 Å². The number of hydrogen-bond acceptors (Lipinski definition) is 2. The smallest absolute Gasteiger partial charge is 0.0463 e. The first-order valence-electron chi connectivity index (χ1n) is 6.49. The Balaban J connectivity index is 2.76. The molecular formula is C14H22O2P-. The molecule has 1 aromatic carbocycles. The van der Waals surface area contributed by atoms with Gasteiger partial charge in [-0.15, -0.1) is 0 Å². The molecule has 0 aliphatic rings. The molecule has 0 aliphatic heterocycles. The maximum absolute atomic E-state index is 12.4. The van der Waals surface area contributed by atoms with Gasteiger partial charge in [-0.3, -0.25) is 0 Å². The largest absolute Gasteiger partial charge is 0.796 e. The molecule has 0 aromatic heterocycles. The highest BCUT2D eigenvalue weighted by atomic mass is 31.2. The van der Waals surface area contributed by atoms with Crippen molar-refractivity contribution in [2.24, 2.45) is 0 Å². The molecule has 96 valence electrons. The summed E-state index contributed by atoms with van der Waals surface area (Å²) in [7, 11) is -3.45. The van der Waals surface area contributed by atoms with E-state index in [-0.39, 0.29) is 5.66 Å². The minimum atomic E-state index is -3.45. The van der Waals surface area contributed by atoms with Gasteiger partial charge < -0.3 is 9.46 Å². The van der Waals surface area contributed by atoms with Gasteiger partial charge in [0.05, 0.1) is 0 Å². The fourth-order valence-electron chi connectivity index (χ4n) is 2.09. The van der Waals surface area contributed by atoms with Gasteiger partial charge >= 0.3 is 0 Å². The van der Waals surface area contributed by atoms with Gasteiger partial charge in [-0.2, -0.15) is 0 Å². The maximum Gasteiger partial charge on any atom is 0.0463 e. The van der Waals surface area contributed by atoms with Crippen LogP contribution in [0, 0.1) is 0 Å². The third-order valence-corrected chi connectivity index (χ3v) is 5.81. The Morgan fingerprint density at radius 2 is 1.82 bits per heavy atom. The normalized spacial score (nSPS) is 16.4. The van der Waals surface area contributed by atoms with E-state index in [1.54, 1.807) is 24.3 Å². The van der Waals surface area contributed by atoms with Crippen LogP contribution in [0.2, 0.25) is 0 Å². The SMILES string of the molecule is CCCCCC(CC)P(=O)([O-])c1ccccc1. The maximum atomic E-state index is 12.4. The van der Waals surface area contributed by atoms with Crippen LogP contribution in [0.25, 0.3) is 0 Å². The Bertz CT molecular complexity index is 362. The summed E-state index contributed by atoms with van der Waals surface area (Å²) in [4.78, 5) is 12.4. The highest BCUT2D eigenvalue weighted by Gasteiger charge is 2.21. The van der Waals surface area contributed by atoms with Crippen LogP contribution in [0.3, 0.4) is 0 Å². The third-order valence-electron chi connectivity index (χ3n) is 3.21. The average molecular weight is 253 g/mol. The van der Waals surface area contributed by atoms with Crippen molar-refractivity contribution < 1.29 is 9.46 Å². The van der Waals surface area contributed by atoms with Crippen LogP contribution >= 0.6 is 7.37 Å². The van der Waals surface area contributed by atoms with Crippen LogP contribution in [0.15, 0.2) is 30.3 Å². The number of benzene rings is 1. The molecule has 1 aromatic rings. The molecule has 2 atom stereocenters. The summed E-state index contributed by atoms with van der Waals surface area (Å²) in [6.45, 7) is 4.10. The molecule has 0 spiro atoms. The van der Waals surface area contributed by atoms with Gasteiger partial charge in [-0.05, 0) is 18.1 Å². The summed E-state index contributed by atoms with van der Waals surface area (Å²) >= 11 is 0. The molecule has 0 saturated heterocycles. The quantitative estimate of drug-likeness (QED) is 0.552. The molecule has 0 aliphatic carbocycles. The van der Waals surface area contributed by atoms with Crippen LogP contribution < -0.4 is 10.2 Å². The topological polar surface area (TPSA) is 40.1 Å². The van der Waals surface area contributed by atoms with Crippen molar-refractivity contribution in [3.8, 4) is 0 Å². The lowest BCUT2D eigenvalue weighted by atomic mass is 10.1. The standard InChI is InChI=1S/C14H23O2P/c1-3-5-7-10-13(4-2)17(15,16)14-11-8-6-9-12-14/h6,8-9,11-13H,3-5,7,10H2,1-2H3,(H,15,16)/p-1. The van der Waals surface area contributed by atoms with Crippen LogP contribution in [0.5, 0.6) is 0 Å². The molecular weight excluding hydrogens is 231 g/mol. The number of unbranched alkanes of at least 4 members (excludes halogenated alkanes) is 2. The predicted octanol–water partition coefficient (Wildman–Crippen LogP) is 3.31. The molecule has 0 radical (unpaired) electrons. The van der Waals surface area contributed by atoms with Crippen LogP contribution in [0.1, 0.15) is 46.0 Å². The first-order chi connectivity index (χ1) is 8.12. The lowest BCUT2D eigenvalue weighted by molar-refractivity contribution is -0.173. The van der Waals surface area contributed by atoms with E-state index < -0.39 is 7.37 Å². The van der Waals surface area contributed by atoms with Crippen LogP contribution in [-0.2, 0) is 4.57 Å². The van der Waals surface area contributed by atoms with E-state index in [4.69, 9.17) is 0 Å².